The van der Waals surface area contributed by atoms with Crippen molar-refractivity contribution in [3.8, 4) is 0 Å². The van der Waals surface area contributed by atoms with E-state index < -0.39 is 11.8 Å². The van der Waals surface area contributed by atoms with Crippen LogP contribution in [-0.2, 0) is 9.59 Å². The molecule has 1 aromatic carbocycles. The van der Waals surface area contributed by atoms with E-state index in [0.717, 1.165) is 42.9 Å². The summed E-state index contributed by atoms with van der Waals surface area (Å²) in [5.41, 5.74) is 1.44. The third-order valence-electron chi connectivity index (χ3n) is 4.74. The normalized spacial score (nSPS) is 17.8. The number of nitrogens with zero attached hydrogens (tertiary/aromatic N) is 2. The number of anilines is 1. The predicted octanol–water partition coefficient (Wildman–Crippen LogP) is 2.41. The molecule has 6 heteroatoms. The monoisotopic (exact) mass is 354 g/mol. The number of likely N-dealkylation sites (tertiary alicyclic amines) is 1. The van der Waals surface area contributed by atoms with Gasteiger partial charge < -0.3 is 15.5 Å². The average Bonchev–Trinajstić information content (AvgIpc) is 2.65. The van der Waals surface area contributed by atoms with Crippen molar-refractivity contribution in [2.75, 3.05) is 31.5 Å². The fourth-order valence-electron chi connectivity index (χ4n) is 3.42. The number of nitrogens with one attached hydrogen (secondary N) is 2. The van der Waals surface area contributed by atoms with Crippen molar-refractivity contribution in [1.82, 2.24) is 15.2 Å². The zero-order valence-electron chi connectivity index (χ0n) is 15.2. The Hall–Kier alpha value is -2.47. The molecule has 6 nitrogen and oxygen atoms in total. The number of fused-ring (bicyclic) bond motifs is 1. The molecule has 2 heterocycles. The quantitative estimate of drug-likeness (QED) is 0.639. The summed E-state index contributed by atoms with van der Waals surface area (Å²) in [6.07, 6.45) is 5.13. The number of rotatable bonds is 5. The van der Waals surface area contributed by atoms with E-state index in [0.29, 0.717) is 12.2 Å². The molecule has 2 N–H and O–H groups in total. The Kier molecular flexibility index (Phi) is 6.17. The number of carbonyl (C=O) groups excluding carboxylic acids is 2. The molecule has 138 valence electrons. The topological polar surface area (TPSA) is 74.3 Å². The first-order valence-corrected chi connectivity index (χ1v) is 9.28. The van der Waals surface area contributed by atoms with Crippen LogP contribution in [0.3, 0.4) is 0 Å². The van der Waals surface area contributed by atoms with E-state index in [9.17, 15) is 9.59 Å². The second-order valence-corrected chi connectivity index (χ2v) is 7.02. The van der Waals surface area contributed by atoms with Crippen LogP contribution in [0.1, 0.15) is 26.2 Å². The third kappa shape index (κ3) is 5.02. The minimum atomic E-state index is -0.639. The van der Waals surface area contributed by atoms with Crippen molar-refractivity contribution < 1.29 is 9.59 Å². The van der Waals surface area contributed by atoms with Gasteiger partial charge in [0.15, 0.2) is 0 Å². The number of amides is 2. The Labute approximate surface area is 154 Å². The third-order valence-corrected chi connectivity index (χ3v) is 4.74. The summed E-state index contributed by atoms with van der Waals surface area (Å²) < 4.78 is 0. The maximum absolute atomic E-state index is 12.0. The lowest BCUT2D eigenvalue weighted by Gasteiger charge is -2.30. The molecule has 0 bridgehead atoms. The van der Waals surface area contributed by atoms with E-state index in [1.807, 2.05) is 24.3 Å². The van der Waals surface area contributed by atoms with Crippen LogP contribution in [0.4, 0.5) is 5.69 Å². The van der Waals surface area contributed by atoms with E-state index in [1.54, 1.807) is 12.3 Å². The summed E-state index contributed by atoms with van der Waals surface area (Å²) >= 11 is 0. The van der Waals surface area contributed by atoms with Gasteiger partial charge in [-0.25, -0.2) is 0 Å². The molecule has 1 aliphatic rings. The van der Waals surface area contributed by atoms with Gasteiger partial charge in [-0.2, -0.15) is 0 Å². The van der Waals surface area contributed by atoms with Crippen LogP contribution >= 0.6 is 0 Å². The van der Waals surface area contributed by atoms with Gasteiger partial charge in [0, 0.05) is 30.4 Å². The summed E-state index contributed by atoms with van der Waals surface area (Å²) in [7, 11) is 0. The first kappa shape index (κ1) is 18.3. The van der Waals surface area contributed by atoms with E-state index in [1.165, 1.54) is 12.8 Å². The van der Waals surface area contributed by atoms with Gasteiger partial charge in [0.25, 0.3) is 0 Å². The number of hydrogen-bond donors (Lipinski definition) is 2. The molecule has 0 aliphatic carbocycles. The SMILES string of the molecule is CC1CCCN(CCCNC(=O)C(=O)Nc2ccc3ncccc3c2)C1. The van der Waals surface area contributed by atoms with Crippen LogP contribution in [0.25, 0.3) is 10.9 Å². The van der Waals surface area contributed by atoms with Gasteiger partial charge >= 0.3 is 11.8 Å². The molecule has 1 unspecified atom stereocenters. The Morgan fingerprint density at radius 2 is 2.15 bits per heavy atom. The highest BCUT2D eigenvalue weighted by Crippen LogP contribution is 2.17. The average molecular weight is 354 g/mol. The van der Waals surface area contributed by atoms with Crippen molar-refractivity contribution in [2.24, 2.45) is 5.92 Å². The number of benzene rings is 1. The summed E-state index contributed by atoms with van der Waals surface area (Å²) in [5, 5.41) is 6.26. The number of carbonyl (C=O) groups is 2. The predicted molar refractivity (Wildman–Crippen MR) is 103 cm³/mol. The van der Waals surface area contributed by atoms with Gasteiger partial charge in [-0.05, 0) is 62.5 Å². The molecule has 0 radical (unpaired) electrons. The Morgan fingerprint density at radius 1 is 1.27 bits per heavy atom. The summed E-state index contributed by atoms with van der Waals surface area (Å²) in [5.74, 6) is -0.482. The molecule has 0 saturated carbocycles. The maximum atomic E-state index is 12.0. The second kappa shape index (κ2) is 8.76. The lowest BCUT2D eigenvalue weighted by Crippen LogP contribution is -2.39. The minimum absolute atomic E-state index is 0.513. The number of piperidine rings is 1. The second-order valence-electron chi connectivity index (χ2n) is 7.02. The van der Waals surface area contributed by atoms with Gasteiger partial charge in [0.05, 0.1) is 5.52 Å². The first-order chi connectivity index (χ1) is 12.6. The van der Waals surface area contributed by atoms with E-state index >= 15 is 0 Å². The summed E-state index contributed by atoms with van der Waals surface area (Å²) in [4.78, 5) is 30.7. The lowest BCUT2D eigenvalue weighted by atomic mass is 10.0. The highest BCUT2D eigenvalue weighted by atomic mass is 16.2. The van der Waals surface area contributed by atoms with Crippen molar-refractivity contribution in [1.29, 1.82) is 0 Å². The zero-order valence-corrected chi connectivity index (χ0v) is 15.2. The van der Waals surface area contributed by atoms with E-state index in [-0.39, 0.29) is 0 Å². The molecule has 3 rings (SSSR count). The van der Waals surface area contributed by atoms with Crippen LogP contribution in [-0.4, -0.2) is 47.9 Å². The van der Waals surface area contributed by atoms with Crippen LogP contribution < -0.4 is 10.6 Å². The van der Waals surface area contributed by atoms with Crippen LogP contribution in [0.15, 0.2) is 36.5 Å². The Bertz CT molecular complexity index is 777. The van der Waals surface area contributed by atoms with Gasteiger partial charge in [-0.1, -0.05) is 13.0 Å². The lowest BCUT2D eigenvalue weighted by molar-refractivity contribution is -0.136. The van der Waals surface area contributed by atoms with Crippen molar-refractivity contribution >= 4 is 28.4 Å². The van der Waals surface area contributed by atoms with Crippen molar-refractivity contribution in [2.45, 2.75) is 26.2 Å². The highest BCUT2D eigenvalue weighted by molar-refractivity contribution is 6.39. The first-order valence-electron chi connectivity index (χ1n) is 9.28. The number of pyridine rings is 1. The molecule has 1 fully saturated rings. The molecule has 1 saturated heterocycles. The number of hydrogen-bond acceptors (Lipinski definition) is 4. The summed E-state index contributed by atoms with van der Waals surface area (Å²) in [6, 6.07) is 9.13. The van der Waals surface area contributed by atoms with Gasteiger partial charge in [0.2, 0.25) is 0 Å². The summed E-state index contributed by atoms with van der Waals surface area (Å²) in [6.45, 7) is 6.02. The van der Waals surface area contributed by atoms with E-state index in [2.05, 4.69) is 27.4 Å². The molecule has 2 aromatic rings. The molecule has 1 atom stereocenters. The fraction of sp³-hybridized carbons (Fsp3) is 0.450. The van der Waals surface area contributed by atoms with Crippen molar-refractivity contribution in [3.63, 3.8) is 0 Å². The molecule has 2 amide bonds. The highest BCUT2D eigenvalue weighted by Gasteiger charge is 2.16. The standard InChI is InChI=1S/C20H26N4O2/c1-15-5-3-11-24(14-15)12-4-10-22-19(25)20(26)23-17-7-8-18-16(13-17)6-2-9-21-18/h2,6-9,13,15H,3-5,10-12,14H2,1H3,(H,22,25)(H,23,26). The molecule has 1 aliphatic heterocycles. The van der Waals surface area contributed by atoms with Crippen LogP contribution in [0.2, 0.25) is 0 Å². The molecular formula is C20H26N4O2. The molecule has 26 heavy (non-hydrogen) atoms. The van der Waals surface area contributed by atoms with Gasteiger partial charge in [-0.15, -0.1) is 0 Å². The van der Waals surface area contributed by atoms with Gasteiger partial charge in [-0.3, -0.25) is 14.6 Å². The molecule has 0 spiro atoms. The molecular weight excluding hydrogens is 328 g/mol. The van der Waals surface area contributed by atoms with Crippen LogP contribution in [0, 0.1) is 5.92 Å². The fourth-order valence-corrected chi connectivity index (χ4v) is 3.42. The zero-order chi connectivity index (χ0) is 18.4. The van der Waals surface area contributed by atoms with Gasteiger partial charge in [0.1, 0.15) is 0 Å². The smallest absolute Gasteiger partial charge is 0.313 e. The Morgan fingerprint density at radius 3 is 3.00 bits per heavy atom. The largest absolute Gasteiger partial charge is 0.348 e. The molecule has 1 aromatic heterocycles. The maximum Gasteiger partial charge on any atom is 0.313 e. The van der Waals surface area contributed by atoms with Crippen LogP contribution in [0.5, 0.6) is 0 Å². The number of aromatic nitrogens is 1. The van der Waals surface area contributed by atoms with Crippen molar-refractivity contribution in [3.05, 3.63) is 36.5 Å². The minimum Gasteiger partial charge on any atom is -0.348 e. The Balaban J connectivity index is 1.41. The van der Waals surface area contributed by atoms with E-state index in [4.69, 9.17) is 0 Å².